The summed E-state index contributed by atoms with van der Waals surface area (Å²) in [5.41, 5.74) is 7.39. The topological polar surface area (TPSA) is 43.8 Å². The van der Waals surface area contributed by atoms with Crippen LogP contribution in [0.2, 0.25) is 5.02 Å². The van der Waals surface area contributed by atoms with E-state index in [4.69, 9.17) is 17.3 Å². The van der Waals surface area contributed by atoms with Crippen molar-refractivity contribution in [3.63, 3.8) is 0 Å². The van der Waals surface area contributed by atoms with Gasteiger partial charge in [-0.05, 0) is 17.8 Å². The number of aryl methyl sites for hydroxylation is 1. The number of rotatable bonds is 3. The molecule has 1 aromatic rings. The fraction of sp³-hybridized carbons (Fsp3) is 0.750. The molecule has 0 aromatic carbocycles. The molecule has 0 radical (unpaired) electrons. The SMILES string of the molecule is CC(CC(N)c1c(Cl)cnn1C)C(C)(C)C. The highest BCUT2D eigenvalue weighted by Gasteiger charge is 2.25. The van der Waals surface area contributed by atoms with Crippen LogP contribution in [0.4, 0.5) is 0 Å². The molecule has 1 aromatic heterocycles. The Kier molecular flexibility index (Phi) is 4.02. The Labute approximate surface area is 103 Å². The molecule has 0 bridgehead atoms. The van der Waals surface area contributed by atoms with Crippen molar-refractivity contribution >= 4 is 11.6 Å². The molecule has 0 spiro atoms. The van der Waals surface area contributed by atoms with Crippen LogP contribution in [-0.4, -0.2) is 9.78 Å². The number of nitrogens with zero attached hydrogens (tertiary/aromatic N) is 2. The normalized spacial score (nSPS) is 16.2. The summed E-state index contributed by atoms with van der Waals surface area (Å²) in [4.78, 5) is 0. The first-order valence-electron chi connectivity index (χ1n) is 5.66. The summed E-state index contributed by atoms with van der Waals surface area (Å²) in [6.07, 6.45) is 2.57. The quantitative estimate of drug-likeness (QED) is 0.887. The molecule has 1 heterocycles. The minimum absolute atomic E-state index is 0.0470. The summed E-state index contributed by atoms with van der Waals surface area (Å²) < 4.78 is 1.77. The monoisotopic (exact) mass is 243 g/mol. The van der Waals surface area contributed by atoms with E-state index in [0.29, 0.717) is 10.9 Å². The van der Waals surface area contributed by atoms with E-state index in [2.05, 4.69) is 32.8 Å². The average Bonchev–Trinajstić information content (AvgIpc) is 2.44. The molecular formula is C12H22ClN3. The zero-order valence-corrected chi connectivity index (χ0v) is 11.5. The summed E-state index contributed by atoms with van der Waals surface area (Å²) in [5.74, 6) is 0.536. The second kappa shape index (κ2) is 4.76. The second-order valence-electron chi connectivity index (χ2n) is 5.61. The smallest absolute Gasteiger partial charge is 0.0833 e. The maximum absolute atomic E-state index is 6.19. The highest BCUT2D eigenvalue weighted by atomic mass is 35.5. The Balaban J connectivity index is 2.77. The van der Waals surface area contributed by atoms with Crippen LogP contribution in [0.1, 0.15) is 45.9 Å². The van der Waals surface area contributed by atoms with Crippen molar-refractivity contribution < 1.29 is 0 Å². The van der Waals surface area contributed by atoms with Gasteiger partial charge in [0.05, 0.1) is 16.9 Å². The van der Waals surface area contributed by atoms with Gasteiger partial charge in [-0.25, -0.2) is 0 Å². The van der Waals surface area contributed by atoms with Crippen molar-refractivity contribution in [1.82, 2.24) is 9.78 Å². The van der Waals surface area contributed by atoms with E-state index in [9.17, 15) is 0 Å². The lowest BCUT2D eigenvalue weighted by molar-refractivity contribution is 0.232. The molecule has 92 valence electrons. The van der Waals surface area contributed by atoms with Crippen LogP contribution in [0, 0.1) is 11.3 Å². The molecule has 1 rings (SSSR count). The van der Waals surface area contributed by atoms with Crippen molar-refractivity contribution in [3.8, 4) is 0 Å². The van der Waals surface area contributed by atoms with Crippen LogP contribution in [0.5, 0.6) is 0 Å². The number of aromatic nitrogens is 2. The van der Waals surface area contributed by atoms with Crippen molar-refractivity contribution in [2.24, 2.45) is 24.1 Å². The molecule has 16 heavy (non-hydrogen) atoms. The average molecular weight is 244 g/mol. The van der Waals surface area contributed by atoms with Crippen molar-refractivity contribution in [2.45, 2.75) is 40.2 Å². The Morgan fingerprint density at radius 2 is 2.06 bits per heavy atom. The Morgan fingerprint density at radius 1 is 1.50 bits per heavy atom. The highest BCUT2D eigenvalue weighted by molar-refractivity contribution is 6.31. The molecule has 2 atom stereocenters. The van der Waals surface area contributed by atoms with Crippen LogP contribution in [0.3, 0.4) is 0 Å². The lowest BCUT2D eigenvalue weighted by Gasteiger charge is -2.29. The third kappa shape index (κ3) is 2.98. The first-order chi connectivity index (χ1) is 7.23. The zero-order chi connectivity index (χ0) is 12.5. The summed E-state index contributed by atoms with van der Waals surface area (Å²) in [6.45, 7) is 8.92. The molecule has 2 unspecified atom stereocenters. The first kappa shape index (κ1) is 13.5. The van der Waals surface area contributed by atoms with Gasteiger partial charge in [0.25, 0.3) is 0 Å². The molecular weight excluding hydrogens is 222 g/mol. The van der Waals surface area contributed by atoms with E-state index in [0.717, 1.165) is 12.1 Å². The molecule has 0 aliphatic rings. The summed E-state index contributed by atoms with van der Waals surface area (Å²) in [5, 5.41) is 4.77. The number of hydrogen-bond acceptors (Lipinski definition) is 2. The largest absolute Gasteiger partial charge is 0.323 e. The Bertz CT molecular complexity index is 332. The van der Waals surface area contributed by atoms with Gasteiger partial charge >= 0.3 is 0 Å². The number of hydrogen-bond donors (Lipinski definition) is 1. The van der Waals surface area contributed by atoms with Gasteiger partial charge in [0.15, 0.2) is 0 Å². The minimum atomic E-state index is -0.0470. The van der Waals surface area contributed by atoms with Gasteiger partial charge in [-0.1, -0.05) is 39.3 Å². The fourth-order valence-electron chi connectivity index (χ4n) is 1.68. The standard InChI is InChI=1S/C12H22ClN3/c1-8(12(2,3)4)6-10(14)11-9(13)7-15-16(11)5/h7-8,10H,6,14H2,1-5H3. The van der Waals surface area contributed by atoms with Gasteiger partial charge in [0.2, 0.25) is 0 Å². The number of halogens is 1. The van der Waals surface area contributed by atoms with Crippen molar-refractivity contribution in [3.05, 3.63) is 16.9 Å². The van der Waals surface area contributed by atoms with Crippen LogP contribution in [0.25, 0.3) is 0 Å². The van der Waals surface area contributed by atoms with E-state index in [1.165, 1.54) is 0 Å². The molecule has 0 aliphatic carbocycles. The molecule has 0 aliphatic heterocycles. The predicted molar refractivity (Wildman–Crippen MR) is 68.4 cm³/mol. The summed E-state index contributed by atoms with van der Waals surface area (Å²) >= 11 is 6.07. The van der Waals surface area contributed by atoms with Crippen LogP contribution < -0.4 is 5.73 Å². The van der Waals surface area contributed by atoms with Gasteiger partial charge in [0.1, 0.15) is 0 Å². The van der Waals surface area contributed by atoms with Gasteiger partial charge in [-0.3, -0.25) is 4.68 Å². The second-order valence-corrected chi connectivity index (χ2v) is 6.02. The zero-order valence-electron chi connectivity index (χ0n) is 10.8. The number of nitrogens with two attached hydrogens (primary N) is 1. The fourth-order valence-corrected chi connectivity index (χ4v) is 1.99. The molecule has 3 nitrogen and oxygen atoms in total. The third-order valence-corrected chi connectivity index (χ3v) is 3.67. The minimum Gasteiger partial charge on any atom is -0.323 e. The molecule has 2 N–H and O–H groups in total. The summed E-state index contributed by atoms with van der Waals surface area (Å²) in [6, 6.07) is -0.0470. The molecule has 0 amide bonds. The molecule has 4 heteroatoms. The summed E-state index contributed by atoms with van der Waals surface area (Å²) in [7, 11) is 1.88. The van der Waals surface area contributed by atoms with Gasteiger partial charge < -0.3 is 5.73 Å². The van der Waals surface area contributed by atoms with E-state index < -0.39 is 0 Å². The Morgan fingerprint density at radius 3 is 2.44 bits per heavy atom. The van der Waals surface area contributed by atoms with E-state index in [-0.39, 0.29) is 11.5 Å². The van der Waals surface area contributed by atoms with Crippen LogP contribution >= 0.6 is 11.6 Å². The molecule has 0 fully saturated rings. The van der Waals surface area contributed by atoms with Gasteiger partial charge in [-0.15, -0.1) is 0 Å². The lowest BCUT2D eigenvalue weighted by Crippen LogP contribution is -2.24. The maximum Gasteiger partial charge on any atom is 0.0833 e. The van der Waals surface area contributed by atoms with E-state index in [1.807, 2.05) is 7.05 Å². The third-order valence-electron chi connectivity index (χ3n) is 3.37. The maximum atomic E-state index is 6.19. The highest BCUT2D eigenvalue weighted by Crippen LogP contribution is 2.33. The van der Waals surface area contributed by atoms with Crippen molar-refractivity contribution in [1.29, 1.82) is 0 Å². The van der Waals surface area contributed by atoms with Crippen molar-refractivity contribution in [2.75, 3.05) is 0 Å². The predicted octanol–water partition coefficient (Wildman–Crippen LogP) is 3.15. The Hall–Kier alpha value is -0.540. The van der Waals surface area contributed by atoms with E-state index in [1.54, 1.807) is 10.9 Å². The van der Waals surface area contributed by atoms with E-state index >= 15 is 0 Å². The van der Waals surface area contributed by atoms with Gasteiger partial charge in [-0.2, -0.15) is 5.10 Å². The van der Waals surface area contributed by atoms with Crippen LogP contribution in [-0.2, 0) is 7.05 Å². The van der Waals surface area contributed by atoms with Crippen LogP contribution in [0.15, 0.2) is 6.20 Å². The van der Waals surface area contributed by atoms with Gasteiger partial charge in [0, 0.05) is 13.1 Å². The molecule has 0 saturated carbocycles. The molecule has 0 saturated heterocycles. The first-order valence-corrected chi connectivity index (χ1v) is 6.04. The lowest BCUT2D eigenvalue weighted by atomic mass is 9.78.